The van der Waals surface area contributed by atoms with Crippen molar-refractivity contribution in [2.45, 2.75) is 11.7 Å². The van der Waals surface area contributed by atoms with Gasteiger partial charge in [0.15, 0.2) is 0 Å². The second-order valence-electron chi connectivity index (χ2n) is 5.96. The van der Waals surface area contributed by atoms with E-state index in [1.54, 1.807) is 12.1 Å². The van der Waals surface area contributed by atoms with Gasteiger partial charge in [-0.05, 0) is 48.4 Å². The lowest BCUT2D eigenvalue weighted by Gasteiger charge is -2.18. The van der Waals surface area contributed by atoms with Crippen LogP contribution in [0.5, 0.6) is 0 Å². The number of carbonyl (C=O) groups is 2. The number of halogens is 2. The molecular formula is C20H15Br2N3O2S. The number of hydrogen-bond acceptors (Lipinski definition) is 4. The van der Waals surface area contributed by atoms with Crippen LogP contribution in [0.25, 0.3) is 0 Å². The van der Waals surface area contributed by atoms with E-state index >= 15 is 0 Å². The van der Waals surface area contributed by atoms with Crippen LogP contribution in [0.2, 0.25) is 0 Å². The van der Waals surface area contributed by atoms with Crippen LogP contribution in [0.15, 0.2) is 68.1 Å². The molecular weight excluding hydrogens is 506 g/mol. The van der Waals surface area contributed by atoms with Crippen LogP contribution in [-0.2, 0) is 16.0 Å². The zero-order valence-electron chi connectivity index (χ0n) is 14.8. The molecule has 3 rings (SSSR count). The maximum Gasteiger partial charge on any atom is 0.264 e. The number of likely N-dealkylation sites (N-methyl/N-ethyl adjacent to an activating group) is 1. The molecule has 8 heteroatoms. The summed E-state index contributed by atoms with van der Waals surface area (Å²) in [6, 6.07) is 16.9. The number of benzene rings is 2. The Balaban J connectivity index is 2.04. The van der Waals surface area contributed by atoms with Crippen molar-refractivity contribution in [1.82, 2.24) is 5.32 Å². The van der Waals surface area contributed by atoms with Gasteiger partial charge in [0.2, 0.25) is 5.91 Å². The van der Waals surface area contributed by atoms with Crippen molar-refractivity contribution in [2.75, 3.05) is 11.9 Å². The number of rotatable bonds is 4. The predicted octanol–water partition coefficient (Wildman–Crippen LogP) is 4.38. The van der Waals surface area contributed by atoms with Crippen molar-refractivity contribution in [3.8, 4) is 6.07 Å². The Bertz CT molecular complexity index is 999. The Labute approximate surface area is 184 Å². The maximum atomic E-state index is 13.2. The van der Waals surface area contributed by atoms with E-state index in [4.69, 9.17) is 0 Å². The highest BCUT2D eigenvalue weighted by molar-refractivity contribution is 9.10. The molecule has 1 aliphatic heterocycles. The van der Waals surface area contributed by atoms with Gasteiger partial charge in [-0.2, -0.15) is 5.26 Å². The van der Waals surface area contributed by atoms with Crippen molar-refractivity contribution in [2.24, 2.45) is 0 Å². The highest BCUT2D eigenvalue weighted by atomic mass is 79.9. The molecule has 1 unspecified atom stereocenters. The minimum atomic E-state index is -0.511. The van der Waals surface area contributed by atoms with Crippen molar-refractivity contribution >= 4 is 61.1 Å². The van der Waals surface area contributed by atoms with E-state index in [2.05, 4.69) is 37.2 Å². The van der Waals surface area contributed by atoms with Crippen molar-refractivity contribution in [1.29, 1.82) is 5.26 Å². The van der Waals surface area contributed by atoms with Gasteiger partial charge in [0.1, 0.15) is 16.7 Å². The molecule has 2 aromatic rings. The SMILES string of the molecule is CNC(=O)C(C#N)=C1SC(Cc2cccc(Br)c2)C(=O)N1c1ccc(Br)cc1. The van der Waals surface area contributed by atoms with Crippen LogP contribution in [0, 0.1) is 11.3 Å². The first-order valence-corrected chi connectivity index (χ1v) is 10.8. The Morgan fingerprint density at radius 1 is 1.21 bits per heavy atom. The van der Waals surface area contributed by atoms with Gasteiger partial charge in [0.25, 0.3) is 5.91 Å². The summed E-state index contributed by atoms with van der Waals surface area (Å²) in [5.74, 6) is -0.665. The molecule has 1 fully saturated rings. The quantitative estimate of drug-likeness (QED) is 0.479. The highest BCUT2D eigenvalue weighted by Gasteiger charge is 2.40. The van der Waals surface area contributed by atoms with Gasteiger partial charge in [-0.15, -0.1) is 0 Å². The molecule has 5 nitrogen and oxygen atoms in total. The number of carbonyl (C=O) groups excluding carboxylic acids is 2. The lowest BCUT2D eigenvalue weighted by atomic mass is 10.1. The van der Waals surface area contributed by atoms with E-state index in [1.807, 2.05) is 42.5 Å². The molecule has 0 saturated carbocycles. The summed E-state index contributed by atoms with van der Waals surface area (Å²) in [5, 5.41) is 12.0. The first-order valence-electron chi connectivity index (χ1n) is 8.31. The molecule has 0 spiro atoms. The maximum absolute atomic E-state index is 13.2. The molecule has 0 aromatic heterocycles. The molecule has 1 atom stereocenters. The average Bonchev–Trinajstić information content (AvgIpc) is 2.99. The number of nitriles is 1. The number of thioether (sulfide) groups is 1. The zero-order chi connectivity index (χ0) is 20.3. The van der Waals surface area contributed by atoms with E-state index in [-0.39, 0.29) is 11.5 Å². The Morgan fingerprint density at radius 2 is 1.93 bits per heavy atom. The van der Waals surface area contributed by atoms with Crippen LogP contribution in [0.1, 0.15) is 5.56 Å². The molecule has 1 N–H and O–H groups in total. The summed E-state index contributed by atoms with van der Waals surface area (Å²) in [4.78, 5) is 26.9. The summed E-state index contributed by atoms with van der Waals surface area (Å²) in [6.45, 7) is 0. The molecule has 2 aromatic carbocycles. The van der Waals surface area contributed by atoms with Gasteiger partial charge < -0.3 is 5.32 Å². The first-order chi connectivity index (χ1) is 13.4. The first kappa shape index (κ1) is 20.6. The fraction of sp³-hybridized carbons (Fsp3) is 0.150. The van der Waals surface area contributed by atoms with Gasteiger partial charge >= 0.3 is 0 Å². The van der Waals surface area contributed by atoms with Crippen LogP contribution >= 0.6 is 43.6 Å². The fourth-order valence-corrected chi connectivity index (χ4v) is 4.83. The number of anilines is 1. The second kappa shape index (κ2) is 8.95. The topological polar surface area (TPSA) is 73.2 Å². The number of hydrogen-bond donors (Lipinski definition) is 1. The minimum Gasteiger partial charge on any atom is -0.354 e. The standard InChI is InChI=1S/C20H15Br2N3O2S/c1-24-18(26)16(11-23)20-25(15-7-5-13(21)6-8-15)19(27)17(28-20)10-12-3-2-4-14(22)9-12/h2-9,17H,10H2,1H3,(H,24,26). The van der Waals surface area contributed by atoms with Gasteiger partial charge in [0, 0.05) is 21.7 Å². The van der Waals surface area contributed by atoms with Gasteiger partial charge in [-0.25, -0.2) is 0 Å². The van der Waals surface area contributed by atoms with E-state index in [0.29, 0.717) is 17.1 Å². The molecule has 2 amide bonds. The van der Waals surface area contributed by atoms with Crippen LogP contribution in [-0.4, -0.2) is 24.1 Å². The summed E-state index contributed by atoms with van der Waals surface area (Å²) >= 11 is 8.08. The molecule has 0 bridgehead atoms. The molecule has 142 valence electrons. The molecule has 0 aliphatic carbocycles. The number of nitrogens with one attached hydrogen (secondary N) is 1. The van der Waals surface area contributed by atoms with Gasteiger partial charge in [-0.1, -0.05) is 55.8 Å². The van der Waals surface area contributed by atoms with E-state index < -0.39 is 11.2 Å². The van der Waals surface area contributed by atoms with Gasteiger partial charge in [-0.3, -0.25) is 14.5 Å². The third kappa shape index (κ3) is 4.32. The molecule has 28 heavy (non-hydrogen) atoms. The minimum absolute atomic E-state index is 0.0690. The third-order valence-electron chi connectivity index (χ3n) is 4.13. The third-order valence-corrected chi connectivity index (χ3v) is 6.41. The Morgan fingerprint density at radius 3 is 2.54 bits per heavy atom. The van der Waals surface area contributed by atoms with Crippen LogP contribution < -0.4 is 10.2 Å². The largest absolute Gasteiger partial charge is 0.354 e. The van der Waals surface area contributed by atoms with E-state index in [9.17, 15) is 14.9 Å². The van der Waals surface area contributed by atoms with Gasteiger partial charge in [0.05, 0.1) is 5.25 Å². The summed E-state index contributed by atoms with van der Waals surface area (Å²) in [5.41, 5.74) is 1.54. The molecule has 1 saturated heterocycles. The monoisotopic (exact) mass is 519 g/mol. The lowest BCUT2D eigenvalue weighted by molar-refractivity contribution is -0.117. The zero-order valence-corrected chi connectivity index (χ0v) is 18.8. The predicted molar refractivity (Wildman–Crippen MR) is 118 cm³/mol. The van der Waals surface area contributed by atoms with E-state index in [0.717, 1.165) is 14.5 Å². The number of amides is 2. The Kier molecular flexibility index (Phi) is 6.60. The molecule has 1 heterocycles. The summed E-state index contributed by atoms with van der Waals surface area (Å²) in [7, 11) is 1.46. The molecule has 0 radical (unpaired) electrons. The van der Waals surface area contributed by atoms with Crippen LogP contribution in [0.4, 0.5) is 5.69 Å². The second-order valence-corrected chi connectivity index (χ2v) is 8.98. The number of nitrogens with zero attached hydrogens (tertiary/aromatic N) is 2. The highest BCUT2D eigenvalue weighted by Crippen LogP contribution is 2.42. The van der Waals surface area contributed by atoms with Crippen LogP contribution in [0.3, 0.4) is 0 Å². The lowest BCUT2D eigenvalue weighted by Crippen LogP contribution is -2.31. The molecule has 1 aliphatic rings. The summed E-state index contributed by atoms with van der Waals surface area (Å²) in [6.07, 6.45) is 0.492. The van der Waals surface area contributed by atoms with Crippen molar-refractivity contribution in [3.05, 3.63) is 73.6 Å². The average molecular weight is 521 g/mol. The van der Waals surface area contributed by atoms with Crippen molar-refractivity contribution in [3.63, 3.8) is 0 Å². The normalized spacial score (nSPS) is 18.0. The van der Waals surface area contributed by atoms with Crippen molar-refractivity contribution < 1.29 is 9.59 Å². The smallest absolute Gasteiger partial charge is 0.264 e. The Hall–Kier alpha value is -2.08. The summed E-state index contributed by atoms with van der Waals surface area (Å²) < 4.78 is 1.81. The fourth-order valence-electron chi connectivity index (χ4n) is 2.82. The van der Waals surface area contributed by atoms with E-state index in [1.165, 1.54) is 23.7 Å².